The Bertz CT molecular complexity index is 558. The van der Waals surface area contributed by atoms with Crippen LogP contribution in [0, 0.1) is 0 Å². The number of carbonyl (C=O) groups is 1. The first-order valence-electron chi connectivity index (χ1n) is 9.58. The Morgan fingerprint density at radius 3 is 2.12 bits per heavy atom. The van der Waals surface area contributed by atoms with Crippen molar-refractivity contribution in [3.8, 4) is 0 Å². The van der Waals surface area contributed by atoms with E-state index in [1.54, 1.807) is 0 Å². The summed E-state index contributed by atoms with van der Waals surface area (Å²) in [5.41, 5.74) is 1.56. The Morgan fingerprint density at radius 1 is 0.917 bits per heavy atom. The Balaban J connectivity index is 1.88. The van der Waals surface area contributed by atoms with Crippen LogP contribution in [-0.4, -0.2) is 47.0 Å². The van der Waals surface area contributed by atoms with Crippen molar-refractivity contribution in [2.75, 3.05) is 31.1 Å². The highest BCUT2D eigenvalue weighted by molar-refractivity contribution is 5.92. The molecular weight excluding hydrogens is 300 g/mol. The topological polar surface area (TPSA) is 49.3 Å². The average Bonchev–Trinajstić information content (AvgIpc) is 2.91. The van der Waals surface area contributed by atoms with Crippen LogP contribution in [0.1, 0.15) is 80.9 Å². The normalized spacial score (nSPS) is 19.5. The molecular formula is C19H30N4O. The van der Waals surface area contributed by atoms with E-state index in [1.165, 1.54) is 32.1 Å². The fourth-order valence-electron chi connectivity index (χ4n) is 3.53. The highest BCUT2D eigenvalue weighted by Gasteiger charge is 2.23. The number of anilines is 1. The first-order chi connectivity index (χ1) is 11.6. The van der Waals surface area contributed by atoms with Gasteiger partial charge in [0, 0.05) is 31.9 Å². The molecule has 2 aliphatic heterocycles. The van der Waals surface area contributed by atoms with Crippen LogP contribution in [0.15, 0.2) is 6.07 Å². The molecule has 132 valence electrons. The molecule has 0 aliphatic carbocycles. The standard InChI is InChI=1S/C19H30N4O/c1-15(2)16-14-17(18(24)22-10-8-5-9-11-22)21-19(20-16)23-12-6-3-4-7-13-23/h14-15H,3-13H2,1-2H3. The van der Waals surface area contributed by atoms with Crippen LogP contribution in [0.3, 0.4) is 0 Å². The van der Waals surface area contributed by atoms with Crippen molar-refractivity contribution < 1.29 is 4.79 Å². The van der Waals surface area contributed by atoms with Gasteiger partial charge < -0.3 is 9.80 Å². The first-order valence-corrected chi connectivity index (χ1v) is 9.58. The predicted molar refractivity (Wildman–Crippen MR) is 96.6 cm³/mol. The van der Waals surface area contributed by atoms with Crippen molar-refractivity contribution in [2.24, 2.45) is 0 Å². The van der Waals surface area contributed by atoms with Gasteiger partial charge in [-0.25, -0.2) is 9.97 Å². The minimum atomic E-state index is 0.0788. The smallest absolute Gasteiger partial charge is 0.272 e. The van der Waals surface area contributed by atoms with Gasteiger partial charge in [-0.05, 0) is 44.1 Å². The predicted octanol–water partition coefficient (Wildman–Crippen LogP) is 3.61. The summed E-state index contributed by atoms with van der Waals surface area (Å²) in [4.78, 5) is 26.6. The zero-order valence-electron chi connectivity index (χ0n) is 15.1. The molecule has 0 spiro atoms. The summed E-state index contributed by atoms with van der Waals surface area (Å²) in [5, 5.41) is 0. The lowest BCUT2D eigenvalue weighted by Gasteiger charge is -2.27. The Labute approximate surface area is 145 Å². The zero-order chi connectivity index (χ0) is 16.9. The second-order valence-corrected chi connectivity index (χ2v) is 7.39. The van der Waals surface area contributed by atoms with Crippen molar-refractivity contribution in [1.29, 1.82) is 0 Å². The van der Waals surface area contributed by atoms with Crippen LogP contribution in [0.25, 0.3) is 0 Å². The van der Waals surface area contributed by atoms with Gasteiger partial charge in [0.2, 0.25) is 5.95 Å². The molecule has 5 heteroatoms. The minimum absolute atomic E-state index is 0.0788. The SMILES string of the molecule is CC(C)c1cc(C(=O)N2CCCCC2)nc(N2CCCCCC2)n1. The van der Waals surface area contributed by atoms with Gasteiger partial charge in [-0.1, -0.05) is 26.7 Å². The molecule has 0 unspecified atom stereocenters. The quantitative estimate of drug-likeness (QED) is 0.849. The highest BCUT2D eigenvalue weighted by atomic mass is 16.2. The monoisotopic (exact) mass is 330 g/mol. The minimum Gasteiger partial charge on any atom is -0.341 e. The summed E-state index contributed by atoms with van der Waals surface area (Å²) >= 11 is 0. The van der Waals surface area contributed by atoms with E-state index >= 15 is 0 Å². The molecule has 1 amide bonds. The second kappa shape index (κ2) is 7.95. The molecule has 5 nitrogen and oxygen atoms in total. The lowest BCUT2D eigenvalue weighted by Crippen LogP contribution is -2.36. The molecule has 2 aliphatic rings. The molecule has 1 aromatic heterocycles. The molecule has 0 aromatic carbocycles. The third-order valence-electron chi connectivity index (χ3n) is 5.08. The van der Waals surface area contributed by atoms with Gasteiger partial charge in [-0.15, -0.1) is 0 Å². The number of rotatable bonds is 3. The van der Waals surface area contributed by atoms with E-state index in [1.807, 2.05) is 11.0 Å². The van der Waals surface area contributed by atoms with Gasteiger partial charge in [0.1, 0.15) is 5.69 Å². The van der Waals surface area contributed by atoms with Crippen molar-refractivity contribution >= 4 is 11.9 Å². The molecule has 3 heterocycles. The number of carbonyl (C=O) groups excluding carboxylic acids is 1. The lowest BCUT2D eigenvalue weighted by molar-refractivity contribution is 0.0718. The fraction of sp³-hybridized carbons (Fsp3) is 0.737. The molecule has 2 fully saturated rings. The van der Waals surface area contributed by atoms with Crippen LogP contribution in [0.2, 0.25) is 0 Å². The maximum Gasteiger partial charge on any atom is 0.272 e. The largest absolute Gasteiger partial charge is 0.341 e. The van der Waals surface area contributed by atoms with E-state index < -0.39 is 0 Å². The maximum absolute atomic E-state index is 12.9. The summed E-state index contributed by atoms with van der Waals surface area (Å²) in [7, 11) is 0. The van der Waals surface area contributed by atoms with Crippen molar-refractivity contribution in [1.82, 2.24) is 14.9 Å². The third-order valence-corrected chi connectivity index (χ3v) is 5.08. The van der Waals surface area contributed by atoms with Crippen LogP contribution in [0.4, 0.5) is 5.95 Å². The van der Waals surface area contributed by atoms with Crippen LogP contribution >= 0.6 is 0 Å². The lowest BCUT2D eigenvalue weighted by atomic mass is 10.1. The van der Waals surface area contributed by atoms with Gasteiger partial charge in [0.15, 0.2) is 0 Å². The Kier molecular flexibility index (Phi) is 5.69. The van der Waals surface area contributed by atoms with Gasteiger partial charge in [0.05, 0.1) is 0 Å². The van der Waals surface area contributed by atoms with Gasteiger partial charge in [0.25, 0.3) is 5.91 Å². The van der Waals surface area contributed by atoms with Crippen molar-refractivity contribution in [3.05, 3.63) is 17.5 Å². The molecule has 1 aromatic rings. The highest BCUT2D eigenvalue weighted by Crippen LogP contribution is 2.21. The van der Waals surface area contributed by atoms with E-state index in [0.29, 0.717) is 11.6 Å². The van der Waals surface area contributed by atoms with Crippen LogP contribution in [-0.2, 0) is 0 Å². The number of piperidine rings is 1. The Morgan fingerprint density at radius 2 is 1.50 bits per heavy atom. The van der Waals surface area contributed by atoms with E-state index in [2.05, 4.69) is 23.7 Å². The van der Waals surface area contributed by atoms with E-state index in [-0.39, 0.29) is 5.91 Å². The van der Waals surface area contributed by atoms with Gasteiger partial charge >= 0.3 is 0 Å². The molecule has 0 saturated carbocycles. The number of amides is 1. The number of aromatic nitrogens is 2. The fourth-order valence-corrected chi connectivity index (χ4v) is 3.53. The Hall–Kier alpha value is -1.65. The first kappa shape index (κ1) is 17.2. The third kappa shape index (κ3) is 4.05. The number of likely N-dealkylation sites (tertiary alicyclic amines) is 1. The molecule has 0 radical (unpaired) electrons. The number of nitrogens with zero attached hydrogens (tertiary/aromatic N) is 4. The molecule has 0 N–H and O–H groups in total. The zero-order valence-corrected chi connectivity index (χ0v) is 15.1. The van der Waals surface area contributed by atoms with Crippen LogP contribution in [0.5, 0.6) is 0 Å². The van der Waals surface area contributed by atoms with Crippen molar-refractivity contribution in [3.63, 3.8) is 0 Å². The summed E-state index contributed by atoms with van der Waals surface area (Å²) in [5.74, 6) is 1.13. The number of hydrogen-bond donors (Lipinski definition) is 0. The van der Waals surface area contributed by atoms with E-state index in [4.69, 9.17) is 4.98 Å². The van der Waals surface area contributed by atoms with Crippen LogP contribution < -0.4 is 4.90 Å². The molecule has 2 saturated heterocycles. The van der Waals surface area contributed by atoms with Gasteiger partial charge in [-0.3, -0.25) is 4.79 Å². The summed E-state index contributed by atoms with van der Waals surface area (Å²) in [6.45, 7) is 7.98. The van der Waals surface area contributed by atoms with E-state index in [9.17, 15) is 4.79 Å². The van der Waals surface area contributed by atoms with Gasteiger partial charge in [-0.2, -0.15) is 0 Å². The molecule has 0 atom stereocenters. The second-order valence-electron chi connectivity index (χ2n) is 7.39. The molecule has 3 rings (SSSR count). The summed E-state index contributed by atoms with van der Waals surface area (Å²) in [6, 6.07) is 1.91. The summed E-state index contributed by atoms with van der Waals surface area (Å²) in [6.07, 6.45) is 8.36. The number of hydrogen-bond acceptors (Lipinski definition) is 4. The maximum atomic E-state index is 12.9. The average molecular weight is 330 g/mol. The molecule has 24 heavy (non-hydrogen) atoms. The van der Waals surface area contributed by atoms with Crippen molar-refractivity contribution in [2.45, 2.75) is 64.7 Å². The summed E-state index contributed by atoms with van der Waals surface area (Å²) < 4.78 is 0. The van der Waals surface area contributed by atoms with E-state index in [0.717, 1.165) is 50.7 Å². The molecule has 0 bridgehead atoms.